The van der Waals surface area contributed by atoms with Crippen molar-refractivity contribution in [2.75, 3.05) is 5.88 Å². The molecule has 0 N–H and O–H groups in total. The van der Waals surface area contributed by atoms with Gasteiger partial charge in [-0.2, -0.15) is 0 Å². The Hall–Kier alpha value is -1.33. The second kappa shape index (κ2) is 4.67. The molecule has 2 aromatic rings. The van der Waals surface area contributed by atoms with Crippen molar-refractivity contribution >= 4 is 28.7 Å². The number of carbonyl (C=O) groups is 1. The monoisotopic (exact) mass is 256 g/mol. The Kier molecular flexibility index (Phi) is 3.26. The molecule has 0 bridgehead atoms. The maximum absolute atomic E-state index is 12.6. The second-order valence-electron chi connectivity index (χ2n) is 2.96. The number of carbonyl (C=O) groups excluding carboxylic acids is 1. The van der Waals surface area contributed by atoms with E-state index >= 15 is 0 Å². The van der Waals surface area contributed by atoms with Gasteiger partial charge in [0.2, 0.25) is 0 Å². The van der Waals surface area contributed by atoms with E-state index in [4.69, 9.17) is 11.6 Å². The van der Waals surface area contributed by atoms with Gasteiger partial charge in [0.1, 0.15) is 16.5 Å². The molecule has 2 rings (SSSR count). The van der Waals surface area contributed by atoms with Gasteiger partial charge in [0.25, 0.3) is 0 Å². The first-order valence-corrected chi connectivity index (χ1v) is 5.78. The van der Waals surface area contributed by atoms with Crippen LogP contribution in [0.15, 0.2) is 23.7 Å². The SMILES string of the molecule is O=C(CCl)c1csc(-c2ccc(F)cn2)n1. The number of hydrogen-bond acceptors (Lipinski definition) is 4. The van der Waals surface area contributed by atoms with E-state index in [1.807, 2.05) is 0 Å². The van der Waals surface area contributed by atoms with Crippen LogP contribution in [-0.2, 0) is 0 Å². The lowest BCUT2D eigenvalue weighted by Gasteiger charge is -1.93. The molecule has 0 saturated carbocycles. The molecule has 6 heteroatoms. The fourth-order valence-electron chi connectivity index (χ4n) is 1.09. The van der Waals surface area contributed by atoms with E-state index in [1.165, 1.54) is 23.5 Å². The van der Waals surface area contributed by atoms with Crippen LogP contribution in [0.1, 0.15) is 10.5 Å². The zero-order chi connectivity index (χ0) is 11.5. The molecule has 0 aliphatic heterocycles. The average molecular weight is 257 g/mol. The van der Waals surface area contributed by atoms with Crippen molar-refractivity contribution in [3.05, 3.63) is 35.2 Å². The summed E-state index contributed by atoms with van der Waals surface area (Å²) in [6, 6.07) is 2.82. The molecule has 0 amide bonds. The van der Waals surface area contributed by atoms with Gasteiger partial charge in [-0.1, -0.05) is 0 Å². The van der Waals surface area contributed by atoms with Crippen LogP contribution < -0.4 is 0 Å². The lowest BCUT2D eigenvalue weighted by atomic mass is 10.3. The number of hydrogen-bond donors (Lipinski definition) is 0. The maximum Gasteiger partial charge on any atom is 0.196 e. The first-order valence-electron chi connectivity index (χ1n) is 4.37. The Bertz CT molecular complexity index is 512. The number of pyridine rings is 1. The van der Waals surface area contributed by atoms with E-state index in [-0.39, 0.29) is 11.7 Å². The van der Waals surface area contributed by atoms with Gasteiger partial charge in [-0.3, -0.25) is 9.78 Å². The molecule has 0 aliphatic carbocycles. The van der Waals surface area contributed by atoms with Crippen LogP contribution >= 0.6 is 22.9 Å². The molecule has 0 unspecified atom stereocenters. The molecule has 82 valence electrons. The molecule has 0 fully saturated rings. The molecule has 0 aromatic carbocycles. The van der Waals surface area contributed by atoms with Gasteiger partial charge in [0.05, 0.1) is 17.8 Å². The van der Waals surface area contributed by atoms with Gasteiger partial charge in [0, 0.05) is 5.38 Å². The molecular weight excluding hydrogens is 251 g/mol. The van der Waals surface area contributed by atoms with Gasteiger partial charge < -0.3 is 0 Å². The summed E-state index contributed by atoms with van der Waals surface area (Å²) in [6.07, 6.45) is 1.11. The molecule has 3 nitrogen and oxygen atoms in total. The lowest BCUT2D eigenvalue weighted by molar-refractivity contribution is 0.101. The lowest BCUT2D eigenvalue weighted by Crippen LogP contribution is -2.00. The summed E-state index contributed by atoms with van der Waals surface area (Å²) in [4.78, 5) is 19.2. The van der Waals surface area contributed by atoms with Crippen molar-refractivity contribution in [3.63, 3.8) is 0 Å². The average Bonchev–Trinajstić information content (AvgIpc) is 2.78. The zero-order valence-electron chi connectivity index (χ0n) is 7.98. The Morgan fingerprint density at radius 1 is 1.50 bits per heavy atom. The van der Waals surface area contributed by atoms with Crippen LogP contribution in [0.4, 0.5) is 4.39 Å². The highest BCUT2D eigenvalue weighted by molar-refractivity contribution is 7.13. The van der Waals surface area contributed by atoms with E-state index in [0.717, 1.165) is 6.20 Å². The third kappa shape index (κ3) is 2.25. The fraction of sp³-hybridized carbons (Fsp3) is 0.100. The summed E-state index contributed by atoms with van der Waals surface area (Å²) in [5, 5.41) is 2.19. The van der Waals surface area contributed by atoms with E-state index in [1.54, 1.807) is 5.38 Å². The van der Waals surface area contributed by atoms with Crippen molar-refractivity contribution in [2.24, 2.45) is 0 Å². The Morgan fingerprint density at radius 3 is 2.94 bits per heavy atom. The topological polar surface area (TPSA) is 42.9 Å². The van der Waals surface area contributed by atoms with Crippen LogP contribution in [0, 0.1) is 5.82 Å². The van der Waals surface area contributed by atoms with Gasteiger partial charge >= 0.3 is 0 Å². The Balaban J connectivity index is 2.31. The smallest absolute Gasteiger partial charge is 0.196 e. The van der Waals surface area contributed by atoms with E-state index in [9.17, 15) is 9.18 Å². The van der Waals surface area contributed by atoms with Gasteiger partial charge in [-0.05, 0) is 12.1 Å². The van der Waals surface area contributed by atoms with Crippen LogP contribution in [0.5, 0.6) is 0 Å². The molecule has 2 aromatic heterocycles. The third-order valence-electron chi connectivity index (χ3n) is 1.86. The van der Waals surface area contributed by atoms with Crippen molar-refractivity contribution in [1.29, 1.82) is 0 Å². The van der Waals surface area contributed by atoms with Crippen molar-refractivity contribution in [3.8, 4) is 10.7 Å². The van der Waals surface area contributed by atoms with E-state index < -0.39 is 5.82 Å². The summed E-state index contributed by atoms with van der Waals surface area (Å²) >= 11 is 6.69. The number of aromatic nitrogens is 2. The largest absolute Gasteiger partial charge is 0.291 e. The number of halogens is 2. The quantitative estimate of drug-likeness (QED) is 0.626. The molecule has 0 radical (unpaired) electrons. The molecule has 0 saturated heterocycles. The van der Waals surface area contributed by atoms with Gasteiger partial charge in [-0.15, -0.1) is 22.9 Å². The minimum absolute atomic E-state index is 0.0972. The van der Waals surface area contributed by atoms with Gasteiger partial charge in [-0.25, -0.2) is 9.37 Å². The number of alkyl halides is 1. The highest BCUT2D eigenvalue weighted by Crippen LogP contribution is 2.22. The van der Waals surface area contributed by atoms with Crippen LogP contribution in [-0.4, -0.2) is 21.6 Å². The third-order valence-corrected chi connectivity index (χ3v) is 2.97. The molecule has 0 atom stereocenters. The van der Waals surface area contributed by atoms with Crippen molar-refractivity contribution < 1.29 is 9.18 Å². The standard InChI is InChI=1S/C10H6ClFN2OS/c11-3-9(15)8-5-16-10(14-8)7-2-1-6(12)4-13-7/h1-2,4-5H,3H2. The predicted molar refractivity (Wildman–Crippen MR) is 60.4 cm³/mol. The summed E-state index contributed by atoms with van der Waals surface area (Å²) in [7, 11) is 0. The number of nitrogens with zero attached hydrogens (tertiary/aromatic N) is 2. The number of Topliss-reactive ketones (excluding diaryl/α,β-unsaturated/α-hetero) is 1. The minimum atomic E-state index is -0.405. The maximum atomic E-state index is 12.6. The summed E-state index contributed by atoms with van der Waals surface area (Å²) < 4.78 is 12.6. The zero-order valence-corrected chi connectivity index (χ0v) is 9.56. The van der Waals surface area contributed by atoms with Crippen LogP contribution in [0.2, 0.25) is 0 Å². The van der Waals surface area contributed by atoms with Crippen molar-refractivity contribution in [1.82, 2.24) is 9.97 Å². The first-order chi connectivity index (χ1) is 7.70. The molecule has 0 aliphatic rings. The highest BCUT2D eigenvalue weighted by Gasteiger charge is 2.11. The molecular formula is C10H6ClFN2OS. The second-order valence-corrected chi connectivity index (χ2v) is 4.08. The summed E-state index contributed by atoms with van der Waals surface area (Å²) in [6.45, 7) is 0. The Morgan fingerprint density at radius 2 is 2.31 bits per heavy atom. The molecule has 2 heterocycles. The minimum Gasteiger partial charge on any atom is -0.291 e. The highest BCUT2D eigenvalue weighted by atomic mass is 35.5. The number of thiazole rings is 1. The van der Waals surface area contributed by atoms with Crippen LogP contribution in [0.25, 0.3) is 10.7 Å². The van der Waals surface area contributed by atoms with E-state index in [2.05, 4.69) is 9.97 Å². The number of rotatable bonds is 3. The summed E-state index contributed by atoms with van der Waals surface area (Å²) in [5.41, 5.74) is 0.862. The predicted octanol–water partition coefficient (Wildman–Crippen LogP) is 2.77. The van der Waals surface area contributed by atoms with E-state index in [0.29, 0.717) is 16.4 Å². The Labute approximate surface area is 99.9 Å². The van der Waals surface area contributed by atoms with Crippen molar-refractivity contribution in [2.45, 2.75) is 0 Å². The molecule has 0 spiro atoms. The normalized spacial score (nSPS) is 10.4. The number of ketones is 1. The summed E-state index contributed by atoms with van der Waals surface area (Å²) in [5.74, 6) is -0.733. The fourth-order valence-corrected chi connectivity index (χ4v) is 2.03. The van der Waals surface area contributed by atoms with Crippen LogP contribution in [0.3, 0.4) is 0 Å². The first kappa shape index (κ1) is 11.2. The van der Waals surface area contributed by atoms with Gasteiger partial charge in [0.15, 0.2) is 5.78 Å². The molecule has 16 heavy (non-hydrogen) atoms.